The van der Waals surface area contributed by atoms with Crippen molar-refractivity contribution in [3.8, 4) is 5.75 Å². The molecule has 0 N–H and O–H groups in total. The molecule has 0 fully saturated rings. The molecule has 0 heterocycles. The predicted octanol–water partition coefficient (Wildman–Crippen LogP) is 4.20. The van der Waals surface area contributed by atoms with Crippen LogP contribution in [0.25, 0.3) is 0 Å². The summed E-state index contributed by atoms with van der Waals surface area (Å²) in [5.74, 6) is 0.559. The number of ether oxygens (including phenoxy) is 1. The molecule has 98 valence electrons. The van der Waals surface area contributed by atoms with Gasteiger partial charge < -0.3 is 4.74 Å². The number of hydrogen-bond donors (Lipinski definition) is 0. The Morgan fingerprint density at radius 2 is 1.74 bits per heavy atom. The van der Waals surface area contributed by atoms with E-state index in [9.17, 15) is 4.79 Å². The number of hydrogen-bond acceptors (Lipinski definition) is 2. The number of aryl methyl sites for hydroxylation is 2. The summed E-state index contributed by atoms with van der Waals surface area (Å²) in [4.78, 5) is 12.5. The Labute approximate surface area is 118 Å². The predicted molar refractivity (Wildman–Crippen MR) is 77.4 cm³/mol. The zero-order valence-corrected chi connectivity index (χ0v) is 11.9. The molecule has 0 unspecified atom stereocenters. The zero-order valence-electron chi connectivity index (χ0n) is 11.2. The molecule has 0 saturated carbocycles. The normalized spacial score (nSPS) is 10.3. The fourth-order valence-electron chi connectivity index (χ4n) is 2.13. The summed E-state index contributed by atoms with van der Waals surface area (Å²) < 4.78 is 5.33. The number of ketones is 1. The molecule has 0 aromatic heterocycles. The molecule has 2 nitrogen and oxygen atoms in total. The Balaban J connectivity index is 2.52. The van der Waals surface area contributed by atoms with E-state index in [1.165, 1.54) is 0 Å². The summed E-state index contributed by atoms with van der Waals surface area (Å²) in [5.41, 5.74) is 3.20. The molecule has 2 rings (SSSR count). The smallest absolute Gasteiger partial charge is 0.197 e. The van der Waals surface area contributed by atoms with Gasteiger partial charge in [0.05, 0.1) is 12.7 Å². The van der Waals surface area contributed by atoms with Gasteiger partial charge in [0.15, 0.2) is 5.78 Å². The maximum atomic E-state index is 12.5. The summed E-state index contributed by atoms with van der Waals surface area (Å²) in [6.45, 7) is 3.89. The fraction of sp³-hybridized carbons (Fsp3) is 0.188. The Morgan fingerprint density at radius 1 is 1.11 bits per heavy atom. The van der Waals surface area contributed by atoms with Crippen molar-refractivity contribution in [2.75, 3.05) is 7.11 Å². The minimum absolute atomic E-state index is 0.0500. The van der Waals surface area contributed by atoms with Crippen LogP contribution in [0.4, 0.5) is 0 Å². The Hall–Kier alpha value is -1.80. The SMILES string of the molecule is COc1cc(C)cc(C)c1C(=O)c1ccc(Cl)cc1. The van der Waals surface area contributed by atoms with Crippen LogP contribution in [0.5, 0.6) is 5.75 Å². The van der Waals surface area contributed by atoms with Crippen LogP contribution in [-0.2, 0) is 0 Å². The molecule has 0 spiro atoms. The topological polar surface area (TPSA) is 26.3 Å². The Morgan fingerprint density at radius 3 is 2.32 bits per heavy atom. The van der Waals surface area contributed by atoms with E-state index in [0.29, 0.717) is 21.9 Å². The molecule has 0 amide bonds. The van der Waals surface area contributed by atoms with Gasteiger partial charge >= 0.3 is 0 Å². The Bertz CT molecular complexity index is 615. The molecule has 0 bridgehead atoms. The van der Waals surface area contributed by atoms with Gasteiger partial charge in [-0.1, -0.05) is 17.7 Å². The standard InChI is InChI=1S/C16H15ClO2/c1-10-8-11(2)15(14(9-10)19-3)16(18)12-4-6-13(17)7-5-12/h4-9H,1-3H3. The summed E-state index contributed by atoms with van der Waals surface area (Å²) in [5, 5.41) is 0.615. The van der Waals surface area contributed by atoms with Crippen molar-refractivity contribution in [1.82, 2.24) is 0 Å². The van der Waals surface area contributed by atoms with Crippen molar-refractivity contribution in [3.05, 3.63) is 63.7 Å². The van der Waals surface area contributed by atoms with Gasteiger partial charge in [-0.25, -0.2) is 0 Å². The minimum Gasteiger partial charge on any atom is -0.496 e. The number of carbonyl (C=O) groups is 1. The molecule has 2 aromatic carbocycles. The van der Waals surface area contributed by atoms with E-state index in [2.05, 4.69) is 0 Å². The fourth-order valence-corrected chi connectivity index (χ4v) is 2.25. The summed E-state index contributed by atoms with van der Waals surface area (Å²) in [6, 6.07) is 10.7. The average molecular weight is 275 g/mol. The van der Waals surface area contributed by atoms with E-state index in [-0.39, 0.29) is 5.78 Å². The first-order valence-corrected chi connectivity index (χ1v) is 6.36. The molecule has 0 saturated heterocycles. The van der Waals surface area contributed by atoms with E-state index < -0.39 is 0 Å². The maximum Gasteiger partial charge on any atom is 0.197 e. The second-order valence-corrected chi connectivity index (χ2v) is 4.93. The lowest BCUT2D eigenvalue weighted by Gasteiger charge is -2.12. The molecule has 0 aliphatic rings. The molecule has 0 atom stereocenters. The van der Waals surface area contributed by atoms with Gasteiger partial charge in [-0.15, -0.1) is 0 Å². The zero-order chi connectivity index (χ0) is 14.0. The lowest BCUT2D eigenvalue weighted by molar-refractivity contribution is 0.103. The molecule has 0 aliphatic carbocycles. The lowest BCUT2D eigenvalue weighted by Crippen LogP contribution is -2.06. The van der Waals surface area contributed by atoms with Gasteiger partial charge in [0, 0.05) is 10.6 Å². The second kappa shape index (κ2) is 5.45. The van der Waals surface area contributed by atoms with Crippen LogP contribution in [-0.4, -0.2) is 12.9 Å². The average Bonchev–Trinajstić information content (AvgIpc) is 2.38. The summed E-state index contributed by atoms with van der Waals surface area (Å²) in [7, 11) is 1.58. The van der Waals surface area contributed by atoms with Crippen LogP contribution in [0.15, 0.2) is 36.4 Å². The van der Waals surface area contributed by atoms with Gasteiger partial charge in [-0.2, -0.15) is 0 Å². The van der Waals surface area contributed by atoms with E-state index in [1.807, 2.05) is 26.0 Å². The van der Waals surface area contributed by atoms with Crippen molar-refractivity contribution < 1.29 is 9.53 Å². The van der Waals surface area contributed by atoms with Crippen LogP contribution >= 0.6 is 11.6 Å². The quantitative estimate of drug-likeness (QED) is 0.784. The highest BCUT2D eigenvalue weighted by Crippen LogP contribution is 2.27. The lowest BCUT2D eigenvalue weighted by atomic mass is 9.96. The number of methoxy groups -OCH3 is 1. The second-order valence-electron chi connectivity index (χ2n) is 4.50. The van der Waals surface area contributed by atoms with Crippen LogP contribution in [0.2, 0.25) is 5.02 Å². The van der Waals surface area contributed by atoms with Crippen LogP contribution in [0, 0.1) is 13.8 Å². The Kier molecular flexibility index (Phi) is 3.91. The third kappa shape index (κ3) is 2.79. The number of carbonyl (C=O) groups excluding carboxylic acids is 1. The highest BCUT2D eigenvalue weighted by Gasteiger charge is 2.17. The summed E-state index contributed by atoms with van der Waals surface area (Å²) in [6.07, 6.45) is 0. The van der Waals surface area contributed by atoms with Gasteiger partial charge in [0.1, 0.15) is 5.75 Å². The van der Waals surface area contributed by atoms with Crippen molar-refractivity contribution in [1.29, 1.82) is 0 Å². The van der Waals surface area contributed by atoms with Crippen LogP contribution in [0.3, 0.4) is 0 Å². The van der Waals surface area contributed by atoms with Gasteiger partial charge in [0.2, 0.25) is 0 Å². The van der Waals surface area contributed by atoms with E-state index >= 15 is 0 Å². The van der Waals surface area contributed by atoms with Crippen molar-refractivity contribution in [2.24, 2.45) is 0 Å². The molecule has 3 heteroatoms. The third-order valence-corrected chi connectivity index (χ3v) is 3.25. The van der Waals surface area contributed by atoms with E-state index in [1.54, 1.807) is 31.4 Å². The van der Waals surface area contributed by atoms with Crippen molar-refractivity contribution >= 4 is 17.4 Å². The van der Waals surface area contributed by atoms with Crippen LogP contribution < -0.4 is 4.74 Å². The first-order chi connectivity index (χ1) is 9.02. The molecular formula is C16H15ClO2. The van der Waals surface area contributed by atoms with Crippen molar-refractivity contribution in [2.45, 2.75) is 13.8 Å². The number of halogens is 1. The summed E-state index contributed by atoms with van der Waals surface area (Å²) >= 11 is 5.84. The number of benzene rings is 2. The first kappa shape index (κ1) is 13.6. The molecular weight excluding hydrogens is 260 g/mol. The highest BCUT2D eigenvalue weighted by molar-refractivity contribution is 6.30. The molecule has 0 aliphatic heterocycles. The van der Waals surface area contributed by atoms with Crippen LogP contribution in [0.1, 0.15) is 27.0 Å². The monoisotopic (exact) mass is 274 g/mol. The largest absolute Gasteiger partial charge is 0.496 e. The van der Waals surface area contributed by atoms with Gasteiger partial charge in [0.25, 0.3) is 0 Å². The molecule has 19 heavy (non-hydrogen) atoms. The third-order valence-electron chi connectivity index (χ3n) is 3.00. The first-order valence-electron chi connectivity index (χ1n) is 5.98. The molecule has 0 radical (unpaired) electrons. The van der Waals surface area contributed by atoms with Gasteiger partial charge in [-0.3, -0.25) is 4.79 Å². The maximum absolute atomic E-state index is 12.5. The van der Waals surface area contributed by atoms with E-state index in [0.717, 1.165) is 11.1 Å². The van der Waals surface area contributed by atoms with Gasteiger partial charge in [-0.05, 0) is 55.3 Å². The molecule has 2 aromatic rings. The van der Waals surface area contributed by atoms with E-state index in [4.69, 9.17) is 16.3 Å². The van der Waals surface area contributed by atoms with Crippen molar-refractivity contribution in [3.63, 3.8) is 0 Å². The minimum atomic E-state index is -0.0500. The number of rotatable bonds is 3. The highest BCUT2D eigenvalue weighted by atomic mass is 35.5.